The van der Waals surface area contributed by atoms with Gasteiger partial charge in [0.25, 0.3) is 5.56 Å². The summed E-state index contributed by atoms with van der Waals surface area (Å²) in [6, 6.07) is 7.85. The largest absolute Gasteiger partial charge is 0.462 e. The monoisotopic (exact) mass is 366 g/mol. The molecule has 0 spiro atoms. The molecule has 0 saturated carbocycles. The number of nitrogens with zero attached hydrogens (tertiary/aromatic N) is 3. The molecular weight excluding hydrogens is 344 g/mol. The molecule has 0 radical (unpaired) electrons. The molecule has 0 bridgehead atoms. The molecule has 7 nitrogen and oxygen atoms in total. The van der Waals surface area contributed by atoms with Crippen LogP contribution in [0.2, 0.25) is 0 Å². The number of rotatable bonds is 5. The van der Waals surface area contributed by atoms with Gasteiger partial charge in [0, 0.05) is 12.2 Å². The lowest BCUT2D eigenvalue weighted by Crippen LogP contribution is -2.35. The quantitative estimate of drug-likeness (QED) is 0.499. The SMILES string of the molecule is CCOC(=O)c1cnc2n(c1=O)C(C)CC=C2N/N=C/c1cccc(C)c1. The minimum Gasteiger partial charge on any atom is -0.462 e. The van der Waals surface area contributed by atoms with E-state index in [1.807, 2.05) is 44.2 Å². The Labute approximate surface area is 157 Å². The van der Waals surface area contributed by atoms with Crippen LogP contribution >= 0.6 is 0 Å². The van der Waals surface area contributed by atoms with E-state index < -0.39 is 11.5 Å². The van der Waals surface area contributed by atoms with E-state index in [1.54, 1.807) is 13.1 Å². The van der Waals surface area contributed by atoms with Gasteiger partial charge in [-0.15, -0.1) is 0 Å². The van der Waals surface area contributed by atoms with E-state index in [4.69, 9.17) is 4.74 Å². The van der Waals surface area contributed by atoms with E-state index in [2.05, 4.69) is 15.5 Å². The molecule has 0 fully saturated rings. The molecule has 1 unspecified atom stereocenters. The summed E-state index contributed by atoms with van der Waals surface area (Å²) >= 11 is 0. The number of hydrogen-bond acceptors (Lipinski definition) is 6. The van der Waals surface area contributed by atoms with Gasteiger partial charge in [-0.2, -0.15) is 5.10 Å². The zero-order valence-corrected chi connectivity index (χ0v) is 15.6. The second kappa shape index (κ2) is 7.99. The Hall–Kier alpha value is -3.22. The van der Waals surface area contributed by atoms with Crippen LogP contribution in [0.1, 0.15) is 53.6 Å². The summed E-state index contributed by atoms with van der Waals surface area (Å²) in [6.07, 6.45) is 5.55. The molecule has 27 heavy (non-hydrogen) atoms. The van der Waals surface area contributed by atoms with Crippen molar-refractivity contribution in [2.45, 2.75) is 33.2 Å². The highest BCUT2D eigenvalue weighted by molar-refractivity contribution is 5.88. The Morgan fingerprint density at radius 2 is 2.30 bits per heavy atom. The zero-order chi connectivity index (χ0) is 19.4. The van der Waals surface area contributed by atoms with Crippen molar-refractivity contribution in [1.82, 2.24) is 15.0 Å². The summed E-state index contributed by atoms with van der Waals surface area (Å²) < 4.78 is 6.45. The highest BCUT2D eigenvalue weighted by Crippen LogP contribution is 2.23. The van der Waals surface area contributed by atoms with Crippen LogP contribution in [0.5, 0.6) is 0 Å². The highest BCUT2D eigenvalue weighted by atomic mass is 16.5. The number of allylic oxidation sites excluding steroid dienone is 1. The molecule has 1 aromatic heterocycles. The third-order valence-electron chi connectivity index (χ3n) is 4.27. The first kappa shape index (κ1) is 18.6. The van der Waals surface area contributed by atoms with Crippen molar-refractivity contribution in [1.29, 1.82) is 0 Å². The molecule has 3 rings (SSSR count). The Balaban J connectivity index is 1.87. The second-order valence-corrected chi connectivity index (χ2v) is 6.38. The first-order valence-corrected chi connectivity index (χ1v) is 8.86. The third kappa shape index (κ3) is 3.97. The van der Waals surface area contributed by atoms with Gasteiger partial charge in [-0.05, 0) is 32.8 Å². The number of ether oxygens (including phenoxy) is 1. The zero-order valence-electron chi connectivity index (χ0n) is 15.6. The van der Waals surface area contributed by atoms with E-state index in [9.17, 15) is 9.59 Å². The number of hydrazone groups is 1. The minimum atomic E-state index is -0.654. The number of aryl methyl sites for hydroxylation is 1. The molecular formula is C20H22N4O3. The number of carbonyl (C=O) groups is 1. The van der Waals surface area contributed by atoms with Gasteiger partial charge in [0.1, 0.15) is 5.56 Å². The average Bonchev–Trinajstić information content (AvgIpc) is 2.64. The molecule has 7 heteroatoms. The van der Waals surface area contributed by atoms with Crippen LogP contribution in [0, 0.1) is 6.92 Å². The highest BCUT2D eigenvalue weighted by Gasteiger charge is 2.24. The van der Waals surface area contributed by atoms with Gasteiger partial charge in [-0.1, -0.05) is 35.9 Å². The van der Waals surface area contributed by atoms with E-state index in [-0.39, 0.29) is 18.2 Å². The number of nitrogens with one attached hydrogen (secondary N) is 1. The number of carbonyl (C=O) groups excluding carboxylic acids is 1. The number of aromatic nitrogens is 2. The van der Waals surface area contributed by atoms with Crippen LogP contribution in [0.25, 0.3) is 5.70 Å². The summed E-state index contributed by atoms with van der Waals surface area (Å²) in [6.45, 7) is 5.82. The van der Waals surface area contributed by atoms with Crippen molar-refractivity contribution in [3.63, 3.8) is 0 Å². The summed E-state index contributed by atoms with van der Waals surface area (Å²) in [5, 5.41) is 4.26. The Morgan fingerprint density at radius 3 is 3.04 bits per heavy atom. The van der Waals surface area contributed by atoms with Crippen LogP contribution < -0.4 is 11.0 Å². The molecule has 1 aromatic carbocycles. The molecule has 2 heterocycles. The van der Waals surface area contributed by atoms with Crippen LogP contribution in [-0.4, -0.2) is 28.3 Å². The Bertz CT molecular complexity index is 975. The molecule has 1 atom stereocenters. The number of fused-ring (bicyclic) bond motifs is 1. The molecule has 2 aromatic rings. The standard InChI is InChI=1S/C20H22N4O3/c1-4-27-20(26)16-12-21-18-17(9-8-14(3)24(18)19(16)25)23-22-11-15-7-5-6-13(2)10-15/h5-7,9-12,14,23H,4,8H2,1-3H3/b22-11+. The lowest BCUT2D eigenvalue weighted by molar-refractivity contribution is 0.0522. The Kier molecular flexibility index (Phi) is 5.49. The topological polar surface area (TPSA) is 85.6 Å². The fourth-order valence-electron chi connectivity index (χ4n) is 2.93. The van der Waals surface area contributed by atoms with Crippen LogP contribution in [0.15, 0.2) is 46.4 Å². The number of hydrogen-bond donors (Lipinski definition) is 1. The van der Waals surface area contributed by atoms with Crippen molar-refractivity contribution in [3.8, 4) is 0 Å². The maximum Gasteiger partial charge on any atom is 0.345 e. The molecule has 1 aliphatic rings. The van der Waals surface area contributed by atoms with Gasteiger partial charge < -0.3 is 4.74 Å². The van der Waals surface area contributed by atoms with Crippen molar-refractivity contribution in [2.75, 3.05) is 6.61 Å². The first-order valence-electron chi connectivity index (χ1n) is 8.86. The summed E-state index contributed by atoms with van der Waals surface area (Å²) in [5.74, 6) is -0.202. The molecule has 1 N–H and O–H groups in total. The molecule has 0 aliphatic carbocycles. The summed E-state index contributed by atoms with van der Waals surface area (Å²) in [7, 11) is 0. The second-order valence-electron chi connectivity index (χ2n) is 6.38. The van der Waals surface area contributed by atoms with Crippen molar-refractivity contribution >= 4 is 17.9 Å². The predicted octanol–water partition coefficient (Wildman–Crippen LogP) is 2.66. The molecule has 140 valence electrons. The first-order chi connectivity index (χ1) is 13.0. The number of benzene rings is 1. The lowest BCUT2D eigenvalue weighted by Gasteiger charge is -2.24. The van der Waals surface area contributed by atoms with E-state index in [1.165, 1.54) is 10.8 Å². The van der Waals surface area contributed by atoms with E-state index in [0.29, 0.717) is 17.9 Å². The van der Waals surface area contributed by atoms with Gasteiger partial charge in [-0.3, -0.25) is 14.8 Å². The van der Waals surface area contributed by atoms with Gasteiger partial charge in [0.15, 0.2) is 5.82 Å². The maximum atomic E-state index is 12.7. The van der Waals surface area contributed by atoms with E-state index in [0.717, 1.165) is 11.1 Å². The molecule has 0 saturated heterocycles. The maximum absolute atomic E-state index is 12.7. The lowest BCUT2D eigenvalue weighted by atomic mass is 10.1. The molecule has 0 amide bonds. The molecule has 1 aliphatic heterocycles. The smallest absolute Gasteiger partial charge is 0.345 e. The van der Waals surface area contributed by atoms with Crippen molar-refractivity contribution in [3.05, 3.63) is 69.4 Å². The summed E-state index contributed by atoms with van der Waals surface area (Å²) in [5.41, 5.74) is 5.24. The van der Waals surface area contributed by atoms with Crippen LogP contribution in [0.4, 0.5) is 0 Å². The fraction of sp³-hybridized carbons (Fsp3) is 0.300. The fourth-order valence-corrected chi connectivity index (χ4v) is 2.93. The minimum absolute atomic E-state index is 0.0584. The van der Waals surface area contributed by atoms with Gasteiger partial charge in [0.05, 0.1) is 18.5 Å². The van der Waals surface area contributed by atoms with Crippen molar-refractivity contribution < 1.29 is 9.53 Å². The third-order valence-corrected chi connectivity index (χ3v) is 4.27. The number of esters is 1. The van der Waals surface area contributed by atoms with E-state index >= 15 is 0 Å². The van der Waals surface area contributed by atoms with Crippen molar-refractivity contribution in [2.24, 2.45) is 5.10 Å². The predicted molar refractivity (Wildman–Crippen MR) is 104 cm³/mol. The average molecular weight is 366 g/mol. The van der Waals surface area contributed by atoms with Gasteiger partial charge in [0.2, 0.25) is 0 Å². The normalized spacial score (nSPS) is 16.0. The van der Waals surface area contributed by atoms with Crippen LogP contribution in [0.3, 0.4) is 0 Å². The summed E-state index contributed by atoms with van der Waals surface area (Å²) in [4.78, 5) is 29.0. The Morgan fingerprint density at radius 1 is 1.48 bits per heavy atom. The van der Waals surface area contributed by atoms with Gasteiger partial charge in [-0.25, -0.2) is 9.78 Å². The van der Waals surface area contributed by atoms with Crippen LogP contribution in [-0.2, 0) is 4.74 Å². The van der Waals surface area contributed by atoms with Gasteiger partial charge >= 0.3 is 5.97 Å².